The lowest BCUT2D eigenvalue weighted by atomic mass is 10.0. The minimum Gasteiger partial charge on any atom is -0.497 e. The first kappa shape index (κ1) is 18.1. The quantitative estimate of drug-likeness (QED) is 0.715. The number of carbonyl (C=O) groups is 1. The number of ether oxygens (including phenoxy) is 1. The fourth-order valence-corrected chi connectivity index (χ4v) is 3.22. The molecular formula is C18H16F3N5O2. The number of benzene rings is 1. The van der Waals surface area contributed by atoms with Crippen LogP contribution in [-0.2, 0) is 11.0 Å². The third-order valence-electron chi connectivity index (χ3n) is 4.60. The van der Waals surface area contributed by atoms with Crippen LogP contribution in [0.5, 0.6) is 5.75 Å². The number of hydrogen-bond acceptors (Lipinski definition) is 5. The molecule has 1 aromatic carbocycles. The second-order valence-electron chi connectivity index (χ2n) is 6.32. The maximum absolute atomic E-state index is 13.6. The summed E-state index contributed by atoms with van der Waals surface area (Å²) >= 11 is 0. The van der Waals surface area contributed by atoms with Crippen LogP contribution in [0, 0.1) is 0 Å². The molecule has 2 N–H and O–H groups in total. The van der Waals surface area contributed by atoms with E-state index >= 15 is 0 Å². The number of rotatable bonds is 4. The van der Waals surface area contributed by atoms with Gasteiger partial charge < -0.3 is 15.4 Å². The van der Waals surface area contributed by atoms with Gasteiger partial charge in [-0.05, 0) is 36.8 Å². The molecule has 1 aliphatic heterocycles. The molecule has 28 heavy (non-hydrogen) atoms. The standard InChI is InChI=1S/C18H16F3N5O2/c1-28-10-4-5-11(12(9-10)18(19,20)21)15-14-3-2-8-26(14)17(25-24-15)23-13-6-7-22-16(13)27/h2-5,8-9,13H,6-7H2,1H3,(H,22,27)(H,23,25). The van der Waals surface area contributed by atoms with Gasteiger partial charge in [0, 0.05) is 18.3 Å². The number of alkyl halides is 3. The maximum Gasteiger partial charge on any atom is 0.417 e. The molecule has 146 valence electrons. The number of aromatic nitrogens is 3. The Labute approximate surface area is 157 Å². The summed E-state index contributed by atoms with van der Waals surface area (Å²) in [5.74, 6) is 0.231. The smallest absolute Gasteiger partial charge is 0.417 e. The molecule has 7 nitrogen and oxygen atoms in total. The monoisotopic (exact) mass is 391 g/mol. The zero-order chi connectivity index (χ0) is 19.9. The van der Waals surface area contributed by atoms with Crippen LogP contribution in [-0.4, -0.2) is 40.2 Å². The number of hydrogen-bond donors (Lipinski definition) is 2. The van der Waals surface area contributed by atoms with Crippen LogP contribution in [0.2, 0.25) is 0 Å². The molecular weight excluding hydrogens is 375 g/mol. The highest BCUT2D eigenvalue weighted by molar-refractivity contribution is 5.86. The van der Waals surface area contributed by atoms with Crippen molar-refractivity contribution < 1.29 is 22.7 Å². The number of nitrogens with one attached hydrogen (secondary N) is 2. The summed E-state index contributed by atoms with van der Waals surface area (Å²) in [5.41, 5.74) is -0.442. The van der Waals surface area contributed by atoms with E-state index in [4.69, 9.17) is 4.74 Å². The van der Waals surface area contributed by atoms with E-state index in [1.54, 1.807) is 22.7 Å². The summed E-state index contributed by atoms with van der Waals surface area (Å²) < 4.78 is 47.3. The molecule has 1 amide bonds. The summed E-state index contributed by atoms with van der Waals surface area (Å²) in [6.07, 6.45) is -2.35. The van der Waals surface area contributed by atoms with Crippen LogP contribution < -0.4 is 15.4 Å². The summed E-state index contributed by atoms with van der Waals surface area (Å²) in [7, 11) is 1.31. The molecule has 3 aromatic rings. The topological polar surface area (TPSA) is 80.6 Å². The molecule has 0 aliphatic carbocycles. The maximum atomic E-state index is 13.6. The van der Waals surface area contributed by atoms with Crippen LogP contribution in [0.4, 0.5) is 19.1 Å². The third kappa shape index (κ3) is 3.10. The molecule has 0 radical (unpaired) electrons. The van der Waals surface area contributed by atoms with Gasteiger partial charge in [0.15, 0.2) is 0 Å². The SMILES string of the molecule is COc1ccc(-c2nnc(NC3CCNC3=O)n3cccc23)c(C(F)(F)F)c1. The van der Waals surface area contributed by atoms with Gasteiger partial charge >= 0.3 is 6.18 Å². The molecule has 2 aromatic heterocycles. The van der Waals surface area contributed by atoms with Gasteiger partial charge in [0.25, 0.3) is 0 Å². The van der Waals surface area contributed by atoms with Crippen LogP contribution in [0.25, 0.3) is 16.8 Å². The van der Waals surface area contributed by atoms with Crippen molar-refractivity contribution in [1.82, 2.24) is 19.9 Å². The first-order chi connectivity index (χ1) is 13.4. The second kappa shape index (κ2) is 6.70. The molecule has 0 bridgehead atoms. The average molecular weight is 391 g/mol. The van der Waals surface area contributed by atoms with E-state index in [2.05, 4.69) is 20.8 Å². The largest absolute Gasteiger partial charge is 0.497 e. The normalized spacial score (nSPS) is 17.0. The summed E-state index contributed by atoms with van der Waals surface area (Å²) in [4.78, 5) is 11.8. The van der Waals surface area contributed by atoms with Crippen molar-refractivity contribution in [2.45, 2.75) is 18.6 Å². The molecule has 4 rings (SSSR count). The van der Waals surface area contributed by atoms with Crippen molar-refractivity contribution in [3.63, 3.8) is 0 Å². The summed E-state index contributed by atoms with van der Waals surface area (Å²) in [6, 6.07) is 6.56. The molecule has 1 atom stereocenters. The van der Waals surface area contributed by atoms with Gasteiger partial charge in [0.05, 0.1) is 18.2 Å². The Bertz CT molecular complexity index is 1050. The number of nitrogens with zero attached hydrogens (tertiary/aromatic N) is 3. The third-order valence-corrected chi connectivity index (χ3v) is 4.60. The van der Waals surface area contributed by atoms with E-state index in [0.717, 1.165) is 6.07 Å². The summed E-state index contributed by atoms with van der Waals surface area (Å²) in [5, 5.41) is 13.8. The van der Waals surface area contributed by atoms with Gasteiger partial charge in [0.2, 0.25) is 11.9 Å². The van der Waals surface area contributed by atoms with Crippen LogP contribution >= 0.6 is 0 Å². The second-order valence-corrected chi connectivity index (χ2v) is 6.32. The van der Waals surface area contributed by atoms with Crippen molar-refractivity contribution >= 4 is 17.4 Å². The van der Waals surface area contributed by atoms with E-state index in [1.807, 2.05) is 0 Å². The van der Waals surface area contributed by atoms with Crippen molar-refractivity contribution in [2.75, 3.05) is 19.0 Å². The Morgan fingerprint density at radius 2 is 2.11 bits per heavy atom. The molecule has 3 heterocycles. The van der Waals surface area contributed by atoms with Gasteiger partial charge in [-0.2, -0.15) is 13.2 Å². The van der Waals surface area contributed by atoms with E-state index in [0.29, 0.717) is 18.5 Å². The molecule has 0 spiro atoms. The minimum atomic E-state index is -4.59. The Morgan fingerprint density at radius 3 is 2.79 bits per heavy atom. The van der Waals surface area contributed by atoms with Gasteiger partial charge in [-0.1, -0.05) is 0 Å². The molecule has 1 saturated heterocycles. The van der Waals surface area contributed by atoms with E-state index < -0.39 is 17.8 Å². The predicted molar refractivity (Wildman–Crippen MR) is 95.0 cm³/mol. The number of halogens is 3. The Hall–Kier alpha value is -3.30. The highest BCUT2D eigenvalue weighted by Gasteiger charge is 2.35. The highest BCUT2D eigenvalue weighted by atomic mass is 19.4. The van der Waals surface area contributed by atoms with Crippen molar-refractivity contribution in [1.29, 1.82) is 0 Å². The Morgan fingerprint density at radius 1 is 1.29 bits per heavy atom. The lowest BCUT2D eigenvalue weighted by Crippen LogP contribution is -2.30. The van der Waals surface area contributed by atoms with Gasteiger partial charge in [-0.3, -0.25) is 9.20 Å². The zero-order valence-electron chi connectivity index (χ0n) is 14.7. The van der Waals surface area contributed by atoms with Crippen LogP contribution in [0.1, 0.15) is 12.0 Å². The van der Waals surface area contributed by atoms with Gasteiger partial charge in [-0.25, -0.2) is 0 Å². The fourth-order valence-electron chi connectivity index (χ4n) is 3.22. The minimum absolute atomic E-state index is 0.0846. The average Bonchev–Trinajstić information content (AvgIpc) is 3.30. The Kier molecular flexibility index (Phi) is 4.33. The van der Waals surface area contributed by atoms with Crippen molar-refractivity contribution in [3.8, 4) is 17.0 Å². The van der Waals surface area contributed by atoms with Crippen LogP contribution in [0.15, 0.2) is 36.5 Å². The van der Waals surface area contributed by atoms with Gasteiger partial charge in [0.1, 0.15) is 17.5 Å². The van der Waals surface area contributed by atoms with Gasteiger partial charge in [-0.15, -0.1) is 10.2 Å². The molecule has 10 heteroatoms. The molecule has 1 unspecified atom stereocenters. The number of anilines is 1. The zero-order valence-corrected chi connectivity index (χ0v) is 14.7. The predicted octanol–water partition coefficient (Wildman–Crippen LogP) is 2.72. The van der Waals surface area contributed by atoms with E-state index in [-0.39, 0.29) is 28.9 Å². The number of methoxy groups -OCH3 is 1. The number of fused-ring (bicyclic) bond motifs is 1. The molecule has 1 fully saturated rings. The highest BCUT2D eigenvalue weighted by Crippen LogP contribution is 2.39. The van der Waals surface area contributed by atoms with Crippen molar-refractivity contribution in [2.24, 2.45) is 0 Å². The number of amides is 1. The first-order valence-corrected chi connectivity index (χ1v) is 8.52. The Balaban J connectivity index is 1.82. The lowest BCUT2D eigenvalue weighted by Gasteiger charge is -2.16. The van der Waals surface area contributed by atoms with E-state index in [1.165, 1.54) is 19.2 Å². The molecule has 0 saturated carbocycles. The lowest BCUT2D eigenvalue weighted by molar-refractivity contribution is -0.137. The molecule has 1 aliphatic rings. The fraction of sp³-hybridized carbons (Fsp3) is 0.278. The first-order valence-electron chi connectivity index (χ1n) is 8.52. The number of carbonyl (C=O) groups excluding carboxylic acids is 1. The van der Waals surface area contributed by atoms with Crippen LogP contribution in [0.3, 0.4) is 0 Å². The summed E-state index contributed by atoms with van der Waals surface area (Å²) in [6.45, 7) is 0.553. The van der Waals surface area contributed by atoms with E-state index in [9.17, 15) is 18.0 Å². The van der Waals surface area contributed by atoms with Crippen molar-refractivity contribution in [3.05, 3.63) is 42.1 Å².